The first-order valence-electron chi connectivity index (χ1n) is 26.2. The lowest BCUT2D eigenvalue weighted by Crippen LogP contribution is -2.53. The second kappa shape index (κ2) is 40.6. The molecule has 19 nitrogen and oxygen atoms in total. The zero-order chi connectivity index (χ0) is 56.2. The van der Waals surface area contributed by atoms with Gasteiger partial charge in [-0.1, -0.05) is 91.1 Å². The van der Waals surface area contributed by atoms with E-state index >= 15 is 0 Å². The molecule has 7 atom stereocenters. The molecule has 2 fully saturated rings. The van der Waals surface area contributed by atoms with Crippen molar-refractivity contribution in [2.24, 2.45) is 16.8 Å². The molecule has 0 radical (unpaired) electrons. The summed E-state index contributed by atoms with van der Waals surface area (Å²) in [5.41, 5.74) is 1.02. The number of carbonyl (C=O) groups is 7. The molecule has 5 amide bonds. The molecule has 0 saturated carbocycles. The number of aliphatic imine (C=N–C) groups is 1. The van der Waals surface area contributed by atoms with Crippen LogP contribution in [0.15, 0.2) is 47.5 Å². The summed E-state index contributed by atoms with van der Waals surface area (Å²) in [4.78, 5) is 105. The molecule has 2 saturated heterocycles. The van der Waals surface area contributed by atoms with Gasteiger partial charge in [0.2, 0.25) is 18.2 Å². The Balaban J connectivity index is 0.00000106. The molecule has 422 valence electrons. The van der Waals surface area contributed by atoms with Crippen molar-refractivity contribution in [1.29, 1.82) is 0 Å². The van der Waals surface area contributed by atoms with Gasteiger partial charge in [-0.2, -0.15) is 0 Å². The van der Waals surface area contributed by atoms with Gasteiger partial charge in [0.25, 0.3) is 11.8 Å². The van der Waals surface area contributed by atoms with Crippen molar-refractivity contribution in [2.45, 2.75) is 136 Å². The lowest BCUT2D eigenvalue weighted by atomic mass is 9.91. The van der Waals surface area contributed by atoms with E-state index in [1.54, 1.807) is 14.2 Å². The number of guanidine groups is 1. The molecule has 0 spiro atoms. The SMILES string of the molecule is CCC.CCC(C)C(C(CC(=O)N1CCCC1C(OC)C(C)C)OC)N(C)C.CN(C)C(=NCC=O)N1CCN(C(=O)CCCCCN2C(=O)C=CC2=O)CC1.CO.O=CCP(O)[C@H](Cc1ccccc1)NC=O. The Morgan fingerprint density at radius 1 is 0.851 bits per heavy atom. The summed E-state index contributed by atoms with van der Waals surface area (Å²) in [7, 11) is 10.9. The first kappa shape index (κ1) is 69.3. The number of aliphatic hydroxyl groups excluding tert-OH is 1. The van der Waals surface area contributed by atoms with E-state index in [0.29, 0.717) is 82.9 Å². The Kier molecular flexibility index (Phi) is 38.1. The molecule has 3 heterocycles. The van der Waals surface area contributed by atoms with Crippen LogP contribution in [0.25, 0.3) is 0 Å². The third-order valence-corrected chi connectivity index (χ3v) is 14.3. The van der Waals surface area contributed by atoms with E-state index in [0.717, 1.165) is 63.6 Å². The van der Waals surface area contributed by atoms with E-state index in [9.17, 15) is 38.5 Å². The van der Waals surface area contributed by atoms with Gasteiger partial charge in [-0.05, 0) is 63.6 Å². The molecule has 3 aliphatic heterocycles. The zero-order valence-electron chi connectivity index (χ0n) is 47.2. The minimum Gasteiger partial charge on any atom is -0.400 e. The van der Waals surface area contributed by atoms with Crippen molar-refractivity contribution in [1.82, 2.24) is 34.7 Å². The molecule has 74 heavy (non-hydrogen) atoms. The average molecular weight is 1060 g/mol. The number of imide groups is 1. The number of ether oxygens (including phenoxy) is 2. The summed E-state index contributed by atoms with van der Waals surface area (Å²) in [5, 5.41) is 9.56. The molecule has 6 unspecified atom stereocenters. The summed E-state index contributed by atoms with van der Waals surface area (Å²) in [6, 6.07) is 9.96. The number of amides is 5. The Bertz CT molecular complexity index is 1780. The Morgan fingerprint density at radius 2 is 1.45 bits per heavy atom. The van der Waals surface area contributed by atoms with E-state index in [2.05, 4.69) is 75.7 Å². The molecular weight excluding hydrogens is 968 g/mol. The molecule has 3 aliphatic rings. The van der Waals surface area contributed by atoms with E-state index in [4.69, 9.17) is 14.6 Å². The Hall–Kier alpha value is -4.65. The highest BCUT2D eigenvalue weighted by atomic mass is 31.1. The highest BCUT2D eigenvalue weighted by Gasteiger charge is 2.39. The van der Waals surface area contributed by atoms with Crippen LogP contribution in [0.2, 0.25) is 0 Å². The number of piperazine rings is 1. The van der Waals surface area contributed by atoms with Gasteiger partial charge in [-0.25, -0.2) is 4.99 Å². The Labute approximate surface area is 445 Å². The molecule has 4 rings (SSSR count). The number of rotatable bonds is 25. The van der Waals surface area contributed by atoms with E-state index in [1.165, 1.54) is 23.5 Å². The fourth-order valence-electron chi connectivity index (χ4n) is 9.10. The van der Waals surface area contributed by atoms with Crippen LogP contribution in [0.4, 0.5) is 0 Å². The summed E-state index contributed by atoms with van der Waals surface area (Å²) < 4.78 is 11.5. The molecule has 1 aromatic carbocycles. The maximum absolute atomic E-state index is 13.1. The van der Waals surface area contributed by atoms with Crippen molar-refractivity contribution in [3.63, 3.8) is 0 Å². The number of methoxy groups -OCH3 is 2. The third-order valence-electron chi connectivity index (χ3n) is 12.8. The summed E-state index contributed by atoms with van der Waals surface area (Å²) in [6.45, 7) is 17.0. The largest absolute Gasteiger partial charge is 0.400 e. The number of likely N-dealkylation sites (tertiary alicyclic amines) is 1. The predicted octanol–water partition coefficient (Wildman–Crippen LogP) is 4.68. The van der Waals surface area contributed by atoms with Crippen LogP contribution in [0, 0.1) is 11.8 Å². The second-order valence-corrected chi connectivity index (χ2v) is 21.0. The van der Waals surface area contributed by atoms with Crippen molar-refractivity contribution < 1.29 is 53.0 Å². The van der Waals surface area contributed by atoms with E-state index in [1.807, 2.05) is 59.1 Å². The predicted molar refractivity (Wildman–Crippen MR) is 295 cm³/mol. The van der Waals surface area contributed by atoms with E-state index in [-0.39, 0.29) is 66.4 Å². The zero-order valence-corrected chi connectivity index (χ0v) is 48.1. The van der Waals surface area contributed by atoms with Crippen LogP contribution < -0.4 is 5.32 Å². The topological polar surface area (TPSA) is 222 Å². The normalized spacial score (nSPS) is 17.7. The van der Waals surface area contributed by atoms with Crippen LogP contribution in [0.3, 0.4) is 0 Å². The molecule has 0 aromatic heterocycles. The summed E-state index contributed by atoms with van der Waals surface area (Å²) >= 11 is 0. The maximum atomic E-state index is 13.1. The Morgan fingerprint density at radius 3 is 1.93 bits per heavy atom. The summed E-state index contributed by atoms with van der Waals surface area (Å²) in [6.07, 6.45) is 12.8. The number of nitrogens with one attached hydrogen (secondary N) is 1. The first-order chi connectivity index (χ1) is 35.4. The minimum absolute atomic E-state index is 0.0845. The lowest BCUT2D eigenvalue weighted by molar-refractivity contribution is -0.140. The van der Waals surface area contributed by atoms with Crippen LogP contribution in [-0.4, -0.2) is 220 Å². The quantitative estimate of drug-likeness (QED) is 0.0303. The average Bonchev–Trinajstić information content (AvgIpc) is 4.00. The number of aldehydes is 2. The number of benzene rings is 1. The molecule has 0 aliphatic carbocycles. The van der Waals surface area contributed by atoms with Gasteiger partial charge in [0, 0.05) is 105 Å². The number of likely N-dealkylation sites (N-methyl/N-ethyl adjacent to an activating group) is 1. The highest BCUT2D eigenvalue weighted by molar-refractivity contribution is 7.53. The van der Waals surface area contributed by atoms with Gasteiger partial charge < -0.3 is 58.9 Å². The third kappa shape index (κ3) is 25.3. The maximum Gasteiger partial charge on any atom is 0.253 e. The number of nitrogens with zero attached hydrogens (tertiary/aromatic N) is 7. The van der Waals surface area contributed by atoms with Crippen molar-refractivity contribution in [2.75, 3.05) is 101 Å². The lowest BCUT2D eigenvalue weighted by Gasteiger charge is -2.38. The number of unbranched alkanes of at least 4 members (excludes halogenated alkanes) is 2. The van der Waals surface area contributed by atoms with Crippen LogP contribution >= 0.6 is 8.15 Å². The molecule has 3 N–H and O–H groups in total. The fraction of sp³-hybridized carbons (Fsp3) is 0.704. The van der Waals surface area contributed by atoms with Crippen LogP contribution in [-0.2, 0) is 49.5 Å². The smallest absolute Gasteiger partial charge is 0.253 e. The number of carbonyl (C=O) groups excluding carboxylic acids is 7. The van der Waals surface area contributed by atoms with Crippen molar-refractivity contribution in [3.05, 3.63) is 48.0 Å². The van der Waals surface area contributed by atoms with E-state index < -0.39 is 8.15 Å². The monoisotopic (exact) mass is 1060 g/mol. The van der Waals surface area contributed by atoms with Gasteiger partial charge in [-0.15, -0.1) is 0 Å². The number of hydrogen-bond acceptors (Lipinski definition) is 13. The standard InChI is InChI=1S/C20H40N2O3.C19H29N5O4.C11H14NO3P.C3H8.CH4O/c1-9-15(4)19(21(5)6)17(24-7)13-18(23)22-12-10-11-16(22)20(25-8)14(2)3;1-21(2)19(20-9-15-25)23-13-11-22(12-14-23)16(26)6-4-3-5-10-24-17(27)7-8-18(24)28;13-6-7-16(15)11(12-9-14)8-10-4-2-1-3-5-10;1-3-2;1-2/h14-17,19-20H,9-13H2,1-8H3;7-8,15H,3-6,9-14H2,1-2H3;1-6,9,11,15H,7-8H2,(H,12,14);3H2,1-2H3;2H,1H3/t;;11-,16?;;/m..1../s1. The minimum atomic E-state index is -1.48. The second-order valence-electron chi connectivity index (χ2n) is 19.1. The number of hydrogen-bond donors (Lipinski definition) is 3. The van der Waals surface area contributed by atoms with Gasteiger partial charge in [0.15, 0.2) is 5.96 Å². The van der Waals surface area contributed by atoms with Crippen LogP contribution in [0.1, 0.15) is 105 Å². The fourth-order valence-corrected chi connectivity index (χ4v) is 10.2. The highest BCUT2D eigenvalue weighted by Crippen LogP contribution is 2.35. The van der Waals surface area contributed by atoms with Crippen molar-refractivity contribution >= 4 is 56.7 Å². The van der Waals surface area contributed by atoms with Gasteiger partial charge in [0.05, 0.1) is 45.1 Å². The number of aliphatic hydroxyl groups is 1. The van der Waals surface area contributed by atoms with Gasteiger partial charge in [0.1, 0.15) is 12.6 Å². The van der Waals surface area contributed by atoms with Crippen molar-refractivity contribution in [3.8, 4) is 0 Å². The van der Waals surface area contributed by atoms with Crippen LogP contribution in [0.5, 0.6) is 0 Å². The van der Waals surface area contributed by atoms with Gasteiger partial charge >= 0.3 is 0 Å². The summed E-state index contributed by atoms with van der Waals surface area (Å²) in [5.74, 6) is 1.10. The molecular formula is C54H95N8O11P. The molecule has 1 aromatic rings. The van der Waals surface area contributed by atoms with Gasteiger partial charge in [-0.3, -0.25) is 28.9 Å². The molecule has 0 bridgehead atoms. The molecule has 20 heteroatoms. The first-order valence-corrected chi connectivity index (χ1v) is 27.8.